The Hall–Kier alpha value is -3.15. The minimum absolute atomic E-state index is 0.0143. The first-order valence-corrected chi connectivity index (χ1v) is 16.4. The Morgan fingerprint density at radius 2 is 1.55 bits per heavy atom. The van der Waals surface area contributed by atoms with Crippen LogP contribution < -0.4 is 5.32 Å². The van der Waals surface area contributed by atoms with Crippen LogP contribution in [0.2, 0.25) is 0 Å². The molecule has 3 heterocycles. The Morgan fingerprint density at radius 1 is 0.932 bits per heavy atom. The zero-order valence-corrected chi connectivity index (χ0v) is 26.9. The summed E-state index contributed by atoms with van der Waals surface area (Å²) in [6.45, 7) is 7.93. The summed E-state index contributed by atoms with van der Waals surface area (Å²) in [5.41, 5.74) is -0.806. The van der Waals surface area contributed by atoms with Gasteiger partial charge in [0.05, 0.1) is 6.33 Å². The smallest absolute Gasteiger partial charge is 0.312 e. The highest BCUT2D eigenvalue weighted by Gasteiger charge is 2.50. The van der Waals surface area contributed by atoms with Gasteiger partial charge in [0.25, 0.3) is 0 Å². The molecule has 1 aliphatic heterocycles. The number of esters is 2. The van der Waals surface area contributed by atoms with Gasteiger partial charge in [0, 0.05) is 25.7 Å². The molecule has 246 valence electrons. The molecule has 1 amide bonds. The highest BCUT2D eigenvalue weighted by molar-refractivity contribution is 5.96. The molecule has 44 heavy (non-hydrogen) atoms. The zero-order chi connectivity index (χ0) is 32.0. The van der Waals surface area contributed by atoms with E-state index in [9.17, 15) is 18.8 Å². The number of rotatable bonds is 20. The van der Waals surface area contributed by atoms with Crippen LogP contribution in [0.15, 0.2) is 6.33 Å². The number of fused-ring (bicyclic) bond motifs is 1. The molecule has 0 aliphatic carbocycles. The third-order valence-electron chi connectivity index (χ3n) is 7.98. The predicted molar refractivity (Wildman–Crippen MR) is 164 cm³/mol. The Balaban J connectivity index is 1.76. The number of hydrogen-bond donors (Lipinski definition) is 1. The van der Waals surface area contributed by atoms with Crippen molar-refractivity contribution in [2.75, 3.05) is 11.9 Å². The topological polar surface area (TPSA) is 135 Å². The molecule has 1 N–H and O–H groups in total. The maximum Gasteiger partial charge on any atom is 0.312 e. The van der Waals surface area contributed by atoms with Crippen LogP contribution in [0.1, 0.15) is 137 Å². The summed E-state index contributed by atoms with van der Waals surface area (Å²) in [6.07, 6.45) is 11.4. The lowest BCUT2D eigenvalue weighted by Gasteiger charge is -2.29. The average Bonchev–Trinajstić information content (AvgIpc) is 3.55. The van der Waals surface area contributed by atoms with Crippen molar-refractivity contribution in [1.29, 1.82) is 0 Å². The molecule has 0 unspecified atom stereocenters. The lowest BCUT2D eigenvalue weighted by Crippen LogP contribution is -2.44. The van der Waals surface area contributed by atoms with Gasteiger partial charge in [-0.1, -0.05) is 78.6 Å². The van der Waals surface area contributed by atoms with Crippen LogP contribution in [0, 0.1) is 6.08 Å². The summed E-state index contributed by atoms with van der Waals surface area (Å²) < 4.78 is 34.0. The van der Waals surface area contributed by atoms with Crippen LogP contribution in [0.3, 0.4) is 0 Å². The molecule has 0 saturated carbocycles. The molecular formula is C32H50FN5O6. The highest BCUT2D eigenvalue weighted by Crippen LogP contribution is 2.40. The zero-order valence-electron chi connectivity index (χ0n) is 26.9. The maximum atomic E-state index is 14.6. The summed E-state index contributed by atoms with van der Waals surface area (Å²) in [7, 11) is 0. The Kier molecular flexibility index (Phi) is 14.4. The molecule has 0 bridgehead atoms. The van der Waals surface area contributed by atoms with Gasteiger partial charge >= 0.3 is 18.0 Å². The SMILES string of the molecule is CCCCCCC(=O)Nc1nc(F)nc2c1ncn2[C@H]1C[C@H](OC(=O)CCCCCC)[C@@](C)(COC(=O)CCCCCC)O1. The van der Waals surface area contributed by atoms with E-state index in [-0.39, 0.29) is 54.3 Å². The lowest BCUT2D eigenvalue weighted by molar-refractivity contribution is -0.174. The van der Waals surface area contributed by atoms with Gasteiger partial charge in [0.2, 0.25) is 5.91 Å². The fourth-order valence-corrected chi connectivity index (χ4v) is 5.34. The second-order valence-corrected chi connectivity index (χ2v) is 11.9. The van der Waals surface area contributed by atoms with Gasteiger partial charge in [-0.2, -0.15) is 14.4 Å². The number of ether oxygens (including phenoxy) is 3. The van der Waals surface area contributed by atoms with Gasteiger partial charge in [-0.3, -0.25) is 19.0 Å². The van der Waals surface area contributed by atoms with Crippen LogP contribution in [0.4, 0.5) is 10.2 Å². The van der Waals surface area contributed by atoms with E-state index in [1.807, 2.05) is 0 Å². The number of amides is 1. The molecular weight excluding hydrogens is 569 g/mol. The molecule has 3 atom stereocenters. The first-order valence-electron chi connectivity index (χ1n) is 16.4. The summed E-state index contributed by atoms with van der Waals surface area (Å²) >= 11 is 0. The van der Waals surface area contributed by atoms with E-state index in [1.54, 1.807) is 6.92 Å². The maximum absolute atomic E-state index is 14.6. The summed E-state index contributed by atoms with van der Waals surface area (Å²) in [6, 6.07) is 0. The first kappa shape index (κ1) is 35.3. The first-order chi connectivity index (χ1) is 21.2. The normalized spacial score (nSPS) is 19.8. The molecule has 1 fully saturated rings. The second kappa shape index (κ2) is 18.0. The molecule has 12 heteroatoms. The number of nitrogens with one attached hydrogen (secondary N) is 1. The number of nitrogens with zero attached hydrogens (tertiary/aromatic N) is 4. The predicted octanol–water partition coefficient (Wildman–Crippen LogP) is 6.95. The summed E-state index contributed by atoms with van der Waals surface area (Å²) in [5, 5.41) is 2.67. The summed E-state index contributed by atoms with van der Waals surface area (Å²) in [4.78, 5) is 49.9. The number of aromatic nitrogens is 4. The number of anilines is 1. The molecule has 11 nitrogen and oxygen atoms in total. The van der Waals surface area contributed by atoms with E-state index in [0.29, 0.717) is 12.8 Å². The summed E-state index contributed by atoms with van der Waals surface area (Å²) in [5.74, 6) is -0.973. The molecule has 0 aromatic carbocycles. The molecule has 0 spiro atoms. The van der Waals surface area contributed by atoms with Crippen molar-refractivity contribution in [3.8, 4) is 0 Å². The number of imidazole rings is 1. The van der Waals surface area contributed by atoms with Crippen molar-refractivity contribution in [1.82, 2.24) is 19.5 Å². The number of halogens is 1. The van der Waals surface area contributed by atoms with Crippen LogP contribution >= 0.6 is 0 Å². The standard InChI is InChI=1S/C32H50FN5O6/c1-5-8-11-14-17-24(39)35-29-28-30(37-31(33)36-29)38(22-34-28)25-20-23(43-27(41)19-16-13-10-7-3)32(4,44-25)21-42-26(40)18-15-12-9-6-2/h22-23,25H,5-21H2,1-4H3,(H,35,36,37,39)/t23-,25+,32+/m0/s1. The lowest BCUT2D eigenvalue weighted by atomic mass is 10.00. The fraction of sp³-hybridized carbons (Fsp3) is 0.750. The molecule has 2 aromatic rings. The third-order valence-corrected chi connectivity index (χ3v) is 7.98. The van der Waals surface area contributed by atoms with Crippen molar-refractivity contribution in [3.63, 3.8) is 0 Å². The monoisotopic (exact) mass is 619 g/mol. The number of carbonyl (C=O) groups is 3. The van der Waals surface area contributed by atoms with E-state index in [1.165, 1.54) is 10.9 Å². The minimum Gasteiger partial charge on any atom is -0.462 e. The second-order valence-electron chi connectivity index (χ2n) is 11.9. The average molecular weight is 620 g/mol. The van der Waals surface area contributed by atoms with Crippen LogP contribution in [-0.2, 0) is 28.6 Å². The van der Waals surface area contributed by atoms with Gasteiger partial charge in [0.1, 0.15) is 24.5 Å². The van der Waals surface area contributed by atoms with Gasteiger partial charge in [-0.15, -0.1) is 0 Å². The van der Waals surface area contributed by atoms with Crippen molar-refractivity contribution in [2.24, 2.45) is 0 Å². The van der Waals surface area contributed by atoms with E-state index in [0.717, 1.165) is 77.0 Å². The van der Waals surface area contributed by atoms with Gasteiger partial charge in [0.15, 0.2) is 17.0 Å². The minimum atomic E-state index is -1.15. The van der Waals surface area contributed by atoms with Gasteiger partial charge in [-0.05, 0) is 26.2 Å². The Bertz CT molecular complexity index is 1220. The van der Waals surface area contributed by atoms with Crippen LogP contribution in [0.5, 0.6) is 0 Å². The van der Waals surface area contributed by atoms with Gasteiger partial charge < -0.3 is 19.5 Å². The van der Waals surface area contributed by atoms with Crippen molar-refractivity contribution in [2.45, 2.75) is 148 Å². The number of carbonyl (C=O) groups excluding carboxylic acids is 3. The molecule has 3 rings (SSSR count). The number of hydrogen-bond acceptors (Lipinski definition) is 9. The van der Waals surface area contributed by atoms with Gasteiger partial charge in [-0.25, -0.2) is 4.98 Å². The molecule has 0 radical (unpaired) electrons. The van der Waals surface area contributed by atoms with Crippen molar-refractivity contribution in [3.05, 3.63) is 12.4 Å². The fourth-order valence-electron chi connectivity index (χ4n) is 5.34. The highest BCUT2D eigenvalue weighted by atomic mass is 19.1. The Morgan fingerprint density at radius 3 is 2.18 bits per heavy atom. The van der Waals surface area contributed by atoms with E-state index in [4.69, 9.17) is 14.2 Å². The van der Waals surface area contributed by atoms with Crippen molar-refractivity contribution >= 4 is 34.8 Å². The third kappa shape index (κ3) is 10.5. The Labute approximate surface area is 260 Å². The van der Waals surface area contributed by atoms with E-state index >= 15 is 0 Å². The van der Waals surface area contributed by atoms with E-state index in [2.05, 4.69) is 41.0 Å². The molecule has 1 aliphatic rings. The largest absolute Gasteiger partial charge is 0.462 e. The van der Waals surface area contributed by atoms with Crippen molar-refractivity contribution < 1.29 is 33.0 Å². The van der Waals surface area contributed by atoms with E-state index < -0.39 is 24.0 Å². The van der Waals surface area contributed by atoms with Crippen LogP contribution in [-0.4, -0.2) is 55.7 Å². The number of unbranched alkanes of at least 4 members (excludes halogenated alkanes) is 9. The van der Waals surface area contributed by atoms with Crippen LogP contribution in [0.25, 0.3) is 11.2 Å². The molecule has 1 saturated heterocycles. The molecule has 2 aromatic heterocycles. The quantitative estimate of drug-likeness (QED) is 0.0949.